The van der Waals surface area contributed by atoms with Crippen LogP contribution in [0, 0.1) is 5.92 Å². The molecule has 0 aliphatic carbocycles. The highest BCUT2D eigenvalue weighted by Crippen LogP contribution is 2.27. The van der Waals surface area contributed by atoms with Crippen LogP contribution in [0.4, 0.5) is 5.69 Å². The number of hydrogen-bond acceptors (Lipinski definition) is 3. The lowest BCUT2D eigenvalue weighted by molar-refractivity contribution is -0.119. The SMILES string of the molecule is O=C(CN1CCC(CO)C1)N1CCc2ccccc21. The van der Waals surface area contributed by atoms with E-state index in [0.29, 0.717) is 12.5 Å². The van der Waals surface area contributed by atoms with Crippen LogP contribution in [-0.2, 0) is 11.2 Å². The number of hydrogen-bond donors (Lipinski definition) is 1. The molecule has 4 nitrogen and oxygen atoms in total. The molecule has 1 N–H and O–H groups in total. The Bertz CT molecular complexity index is 475. The number of aliphatic hydroxyl groups excluding tert-OH is 1. The van der Waals surface area contributed by atoms with Crippen molar-refractivity contribution >= 4 is 11.6 Å². The average molecular weight is 260 g/mol. The van der Waals surface area contributed by atoms with Gasteiger partial charge < -0.3 is 10.0 Å². The van der Waals surface area contributed by atoms with Crippen LogP contribution in [0.3, 0.4) is 0 Å². The number of carbonyl (C=O) groups is 1. The molecule has 2 heterocycles. The molecule has 1 aromatic rings. The molecule has 0 spiro atoms. The first-order valence-corrected chi connectivity index (χ1v) is 6.99. The smallest absolute Gasteiger partial charge is 0.241 e. The zero-order chi connectivity index (χ0) is 13.2. The van der Waals surface area contributed by atoms with Gasteiger partial charge in [0.25, 0.3) is 0 Å². The summed E-state index contributed by atoms with van der Waals surface area (Å²) in [4.78, 5) is 16.4. The first kappa shape index (κ1) is 12.6. The molecule has 19 heavy (non-hydrogen) atoms. The topological polar surface area (TPSA) is 43.8 Å². The van der Waals surface area contributed by atoms with E-state index < -0.39 is 0 Å². The van der Waals surface area contributed by atoms with Crippen molar-refractivity contribution < 1.29 is 9.90 Å². The Morgan fingerprint density at radius 1 is 1.32 bits per heavy atom. The van der Waals surface area contributed by atoms with Crippen molar-refractivity contribution in [2.75, 3.05) is 37.7 Å². The monoisotopic (exact) mass is 260 g/mol. The molecule has 3 rings (SSSR count). The third-order valence-electron chi connectivity index (χ3n) is 4.18. The second-order valence-electron chi connectivity index (χ2n) is 5.50. The van der Waals surface area contributed by atoms with E-state index in [1.165, 1.54) is 5.56 Å². The minimum Gasteiger partial charge on any atom is -0.396 e. The normalized spacial score (nSPS) is 22.8. The Kier molecular flexibility index (Phi) is 3.53. The Hall–Kier alpha value is -1.39. The Morgan fingerprint density at radius 2 is 2.16 bits per heavy atom. The van der Waals surface area contributed by atoms with Gasteiger partial charge in [-0.25, -0.2) is 0 Å². The second-order valence-corrected chi connectivity index (χ2v) is 5.50. The van der Waals surface area contributed by atoms with Gasteiger partial charge in [0.2, 0.25) is 5.91 Å². The number of likely N-dealkylation sites (tertiary alicyclic amines) is 1. The van der Waals surface area contributed by atoms with E-state index >= 15 is 0 Å². The average Bonchev–Trinajstić information content (AvgIpc) is 3.04. The predicted octanol–water partition coefficient (Wildman–Crippen LogP) is 0.890. The van der Waals surface area contributed by atoms with Gasteiger partial charge in [0.05, 0.1) is 6.54 Å². The summed E-state index contributed by atoms with van der Waals surface area (Å²) in [7, 11) is 0. The number of para-hydroxylation sites is 1. The number of carbonyl (C=O) groups excluding carboxylic acids is 1. The molecule has 1 unspecified atom stereocenters. The maximum absolute atomic E-state index is 12.4. The van der Waals surface area contributed by atoms with Crippen molar-refractivity contribution in [2.45, 2.75) is 12.8 Å². The zero-order valence-electron chi connectivity index (χ0n) is 11.1. The number of amides is 1. The molecule has 0 aromatic heterocycles. The third-order valence-corrected chi connectivity index (χ3v) is 4.18. The van der Waals surface area contributed by atoms with E-state index in [-0.39, 0.29) is 12.5 Å². The molecular formula is C15H20N2O2. The first-order valence-electron chi connectivity index (χ1n) is 6.99. The zero-order valence-corrected chi connectivity index (χ0v) is 11.1. The highest BCUT2D eigenvalue weighted by Gasteiger charge is 2.28. The number of aliphatic hydroxyl groups is 1. The van der Waals surface area contributed by atoms with E-state index in [1.807, 2.05) is 23.1 Å². The summed E-state index contributed by atoms with van der Waals surface area (Å²) in [6, 6.07) is 8.14. The van der Waals surface area contributed by atoms with Gasteiger partial charge in [-0.2, -0.15) is 0 Å². The maximum atomic E-state index is 12.4. The van der Waals surface area contributed by atoms with Crippen LogP contribution in [0.2, 0.25) is 0 Å². The van der Waals surface area contributed by atoms with E-state index in [2.05, 4.69) is 11.0 Å². The molecule has 0 radical (unpaired) electrons. The summed E-state index contributed by atoms with van der Waals surface area (Å²) >= 11 is 0. The van der Waals surface area contributed by atoms with Crippen LogP contribution < -0.4 is 4.90 Å². The van der Waals surface area contributed by atoms with Gasteiger partial charge in [-0.1, -0.05) is 18.2 Å². The highest BCUT2D eigenvalue weighted by atomic mass is 16.3. The van der Waals surface area contributed by atoms with Gasteiger partial charge in [-0.05, 0) is 36.9 Å². The summed E-state index contributed by atoms with van der Waals surface area (Å²) in [5.41, 5.74) is 2.34. The molecular weight excluding hydrogens is 240 g/mol. The van der Waals surface area contributed by atoms with Crippen molar-refractivity contribution in [3.05, 3.63) is 29.8 Å². The molecule has 1 amide bonds. The molecule has 4 heteroatoms. The van der Waals surface area contributed by atoms with Gasteiger partial charge in [-0.15, -0.1) is 0 Å². The maximum Gasteiger partial charge on any atom is 0.241 e. The van der Waals surface area contributed by atoms with Crippen molar-refractivity contribution in [3.8, 4) is 0 Å². The number of fused-ring (bicyclic) bond motifs is 1. The van der Waals surface area contributed by atoms with Crippen molar-refractivity contribution in [3.63, 3.8) is 0 Å². The lowest BCUT2D eigenvalue weighted by atomic mass is 10.1. The lowest BCUT2D eigenvalue weighted by Crippen LogP contribution is -2.38. The third kappa shape index (κ3) is 2.51. The Morgan fingerprint density at radius 3 is 2.95 bits per heavy atom. The summed E-state index contributed by atoms with van der Waals surface area (Å²) < 4.78 is 0. The molecule has 2 aliphatic heterocycles. The fourth-order valence-corrected chi connectivity index (χ4v) is 3.08. The van der Waals surface area contributed by atoms with Crippen molar-refractivity contribution in [1.29, 1.82) is 0 Å². The fraction of sp³-hybridized carbons (Fsp3) is 0.533. The Balaban J connectivity index is 1.63. The minimum absolute atomic E-state index is 0.184. The van der Waals surface area contributed by atoms with E-state index in [1.54, 1.807) is 0 Å². The largest absolute Gasteiger partial charge is 0.396 e. The molecule has 0 bridgehead atoms. The minimum atomic E-state index is 0.184. The van der Waals surface area contributed by atoms with Crippen molar-refractivity contribution in [2.24, 2.45) is 5.92 Å². The van der Waals surface area contributed by atoms with Crippen LogP contribution in [-0.4, -0.2) is 48.7 Å². The predicted molar refractivity (Wildman–Crippen MR) is 74.1 cm³/mol. The number of benzene rings is 1. The standard InChI is InChI=1S/C15H20N2O2/c18-11-12-5-7-16(9-12)10-15(19)17-8-6-13-3-1-2-4-14(13)17/h1-4,12,18H,5-11H2. The number of nitrogens with zero attached hydrogens (tertiary/aromatic N) is 2. The molecule has 102 valence electrons. The van der Waals surface area contributed by atoms with Crippen LogP contribution in [0.25, 0.3) is 0 Å². The van der Waals surface area contributed by atoms with E-state index in [4.69, 9.17) is 5.11 Å². The van der Waals surface area contributed by atoms with Crippen LogP contribution in [0.1, 0.15) is 12.0 Å². The van der Waals surface area contributed by atoms with Gasteiger partial charge in [0.15, 0.2) is 0 Å². The van der Waals surface area contributed by atoms with E-state index in [0.717, 1.165) is 38.2 Å². The van der Waals surface area contributed by atoms with Crippen LogP contribution in [0.15, 0.2) is 24.3 Å². The summed E-state index contributed by atoms with van der Waals surface area (Å²) in [5, 5.41) is 9.14. The fourth-order valence-electron chi connectivity index (χ4n) is 3.08. The van der Waals surface area contributed by atoms with Gasteiger partial charge in [-0.3, -0.25) is 9.69 Å². The Labute approximate surface area is 113 Å². The first-order chi connectivity index (χ1) is 9.28. The van der Waals surface area contributed by atoms with E-state index in [9.17, 15) is 4.79 Å². The molecule has 1 saturated heterocycles. The van der Waals surface area contributed by atoms with Gasteiger partial charge >= 0.3 is 0 Å². The highest BCUT2D eigenvalue weighted by molar-refractivity contribution is 5.96. The summed E-state index contributed by atoms with van der Waals surface area (Å²) in [5.74, 6) is 0.530. The van der Waals surface area contributed by atoms with Crippen LogP contribution >= 0.6 is 0 Å². The van der Waals surface area contributed by atoms with Crippen molar-refractivity contribution in [1.82, 2.24) is 4.90 Å². The van der Waals surface area contributed by atoms with Gasteiger partial charge in [0, 0.05) is 25.4 Å². The lowest BCUT2D eigenvalue weighted by Gasteiger charge is -2.21. The molecule has 1 atom stereocenters. The summed E-state index contributed by atoms with van der Waals surface area (Å²) in [6.07, 6.45) is 1.96. The number of rotatable bonds is 3. The molecule has 1 fully saturated rings. The van der Waals surface area contributed by atoms with Crippen LogP contribution in [0.5, 0.6) is 0 Å². The molecule has 1 aromatic carbocycles. The molecule has 0 saturated carbocycles. The summed E-state index contributed by atoms with van der Waals surface area (Å²) in [6.45, 7) is 3.28. The molecule has 2 aliphatic rings. The quantitative estimate of drug-likeness (QED) is 0.878. The van der Waals surface area contributed by atoms with Gasteiger partial charge in [0.1, 0.15) is 0 Å². The number of anilines is 1. The second kappa shape index (κ2) is 5.31.